The van der Waals surface area contributed by atoms with Gasteiger partial charge >= 0.3 is 0 Å². The Morgan fingerprint density at radius 1 is 1.20 bits per heavy atom. The third-order valence-corrected chi connectivity index (χ3v) is 3.70. The molecule has 3 rings (SSSR count). The summed E-state index contributed by atoms with van der Waals surface area (Å²) in [5.41, 5.74) is 1.18. The molecule has 1 amide bonds. The maximum Gasteiger partial charge on any atom is 0.296 e. The van der Waals surface area contributed by atoms with Crippen molar-refractivity contribution in [3.63, 3.8) is 0 Å². The quantitative estimate of drug-likeness (QED) is 0.577. The average Bonchev–Trinajstić information content (AvgIpc) is 2.58. The highest BCUT2D eigenvalue weighted by atomic mass is 16.6. The van der Waals surface area contributed by atoms with Crippen LogP contribution in [0.25, 0.3) is 22.3 Å². The molecule has 0 bridgehead atoms. The zero-order chi connectivity index (χ0) is 18.0. The maximum atomic E-state index is 12.5. The van der Waals surface area contributed by atoms with Crippen molar-refractivity contribution < 1.29 is 9.72 Å². The van der Waals surface area contributed by atoms with Crippen LogP contribution in [0.4, 0.5) is 5.69 Å². The topological polar surface area (TPSA) is 107 Å². The van der Waals surface area contributed by atoms with Crippen molar-refractivity contribution in [1.82, 2.24) is 9.55 Å². The molecule has 0 aliphatic carbocycles. The summed E-state index contributed by atoms with van der Waals surface area (Å²) in [6, 6.07) is 13.7. The Morgan fingerprint density at radius 2 is 1.88 bits per heavy atom. The normalized spacial score (nSPS) is 10.6. The first-order valence-electron chi connectivity index (χ1n) is 7.44. The highest BCUT2D eigenvalue weighted by Gasteiger charge is 2.16. The van der Waals surface area contributed by atoms with Crippen LogP contribution < -0.4 is 10.9 Å². The molecular weight excluding hydrogens is 324 g/mol. The summed E-state index contributed by atoms with van der Waals surface area (Å²) in [4.78, 5) is 38.6. The lowest BCUT2D eigenvalue weighted by molar-refractivity contribution is -0.467. The first-order chi connectivity index (χ1) is 12.0. The van der Waals surface area contributed by atoms with Crippen LogP contribution in [-0.4, -0.2) is 26.9 Å². The summed E-state index contributed by atoms with van der Waals surface area (Å²) < 4.78 is 1.39. The van der Waals surface area contributed by atoms with Crippen molar-refractivity contribution in [1.29, 1.82) is 0 Å². The molecule has 0 saturated heterocycles. The number of fused-ring (bicyclic) bond motifs is 1. The van der Waals surface area contributed by atoms with E-state index >= 15 is 0 Å². The molecule has 1 heterocycles. The molecule has 1 N–H and O–H groups in total. The minimum absolute atomic E-state index is 0.216. The first-order valence-corrected chi connectivity index (χ1v) is 7.44. The Hall–Kier alpha value is -3.55. The van der Waals surface area contributed by atoms with Gasteiger partial charge in [0.05, 0.1) is 16.6 Å². The fourth-order valence-electron chi connectivity index (χ4n) is 2.55. The standard InChI is InChI=1S/C17H14N4O4/c1-20-16(19-14-9-5-3-7-12(14)17(20)23)11-6-2-4-8-13(11)18-15(22)10-21(24)25/h2-9H,10H2,1H3,(H,18,22). The Morgan fingerprint density at radius 3 is 2.64 bits per heavy atom. The van der Waals surface area contributed by atoms with Crippen LogP contribution in [-0.2, 0) is 11.8 Å². The van der Waals surface area contributed by atoms with Gasteiger partial charge in [0.1, 0.15) is 5.82 Å². The van der Waals surface area contributed by atoms with Gasteiger partial charge in [0, 0.05) is 17.5 Å². The van der Waals surface area contributed by atoms with Gasteiger partial charge in [-0.15, -0.1) is 0 Å². The van der Waals surface area contributed by atoms with Gasteiger partial charge in [0.25, 0.3) is 18.0 Å². The third-order valence-electron chi connectivity index (χ3n) is 3.70. The summed E-state index contributed by atoms with van der Waals surface area (Å²) in [5.74, 6) is -0.385. The van der Waals surface area contributed by atoms with E-state index in [0.717, 1.165) is 0 Å². The molecule has 8 nitrogen and oxygen atoms in total. The van der Waals surface area contributed by atoms with Crippen LogP contribution >= 0.6 is 0 Å². The zero-order valence-electron chi connectivity index (χ0n) is 13.3. The number of hydrogen-bond donors (Lipinski definition) is 1. The van der Waals surface area contributed by atoms with Crippen molar-refractivity contribution in [3.8, 4) is 11.4 Å². The Bertz CT molecular complexity index is 1040. The number of benzene rings is 2. The number of aromatic nitrogens is 2. The van der Waals surface area contributed by atoms with E-state index in [0.29, 0.717) is 28.0 Å². The van der Waals surface area contributed by atoms with Crippen molar-refractivity contribution in [2.45, 2.75) is 0 Å². The zero-order valence-corrected chi connectivity index (χ0v) is 13.3. The number of carbonyl (C=O) groups is 1. The summed E-state index contributed by atoms with van der Waals surface area (Å²) >= 11 is 0. The highest BCUT2D eigenvalue weighted by molar-refractivity contribution is 5.95. The molecule has 3 aromatic rings. The predicted octanol–water partition coefficient (Wildman–Crippen LogP) is 1.82. The third kappa shape index (κ3) is 3.23. The van der Waals surface area contributed by atoms with E-state index in [9.17, 15) is 19.7 Å². The van der Waals surface area contributed by atoms with Crippen molar-refractivity contribution in [2.24, 2.45) is 7.05 Å². The van der Waals surface area contributed by atoms with Crippen molar-refractivity contribution >= 4 is 22.5 Å². The number of anilines is 1. The van der Waals surface area contributed by atoms with Gasteiger partial charge in [0.15, 0.2) is 0 Å². The van der Waals surface area contributed by atoms with E-state index in [4.69, 9.17) is 0 Å². The monoisotopic (exact) mass is 338 g/mol. The summed E-state index contributed by atoms with van der Waals surface area (Å²) in [6.45, 7) is -0.835. The second-order valence-corrected chi connectivity index (χ2v) is 5.40. The molecule has 0 saturated carbocycles. The number of amides is 1. The summed E-state index contributed by atoms with van der Waals surface area (Å²) in [6.07, 6.45) is 0. The molecule has 0 unspecified atom stereocenters. The second kappa shape index (κ2) is 6.52. The van der Waals surface area contributed by atoms with Gasteiger partial charge < -0.3 is 5.32 Å². The summed E-state index contributed by atoms with van der Waals surface area (Å²) in [7, 11) is 1.59. The lowest BCUT2D eigenvalue weighted by Gasteiger charge is -2.13. The molecule has 2 aromatic carbocycles. The van der Waals surface area contributed by atoms with E-state index in [1.165, 1.54) is 4.57 Å². The Kier molecular flexibility index (Phi) is 4.25. The Labute approximate surface area is 141 Å². The molecule has 1 aromatic heterocycles. The van der Waals surface area contributed by atoms with Crippen molar-refractivity contribution in [2.75, 3.05) is 11.9 Å². The van der Waals surface area contributed by atoms with Crippen LogP contribution in [0.2, 0.25) is 0 Å². The molecule has 126 valence electrons. The minimum Gasteiger partial charge on any atom is -0.320 e. The van der Waals surface area contributed by atoms with E-state index < -0.39 is 17.4 Å². The van der Waals surface area contributed by atoms with Gasteiger partial charge in [-0.1, -0.05) is 24.3 Å². The number of hydrogen-bond acceptors (Lipinski definition) is 5. The SMILES string of the molecule is Cn1c(-c2ccccc2NC(=O)C[N+](=O)[O-])nc2ccccc2c1=O. The number of carbonyl (C=O) groups excluding carboxylic acids is 1. The van der Waals surface area contributed by atoms with Crippen LogP contribution in [0.1, 0.15) is 0 Å². The lowest BCUT2D eigenvalue weighted by Crippen LogP contribution is -2.23. The molecule has 8 heteroatoms. The van der Waals surface area contributed by atoms with Gasteiger partial charge in [-0.3, -0.25) is 24.3 Å². The molecule has 0 fully saturated rings. The second-order valence-electron chi connectivity index (χ2n) is 5.40. The van der Waals surface area contributed by atoms with E-state index in [1.807, 2.05) is 0 Å². The number of rotatable bonds is 4. The number of nitrogens with one attached hydrogen (secondary N) is 1. The van der Waals surface area contributed by atoms with E-state index in [1.54, 1.807) is 55.6 Å². The molecule has 0 aliphatic heterocycles. The molecule has 0 radical (unpaired) electrons. The van der Waals surface area contributed by atoms with Gasteiger partial charge in [-0.2, -0.15) is 0 Å². The van der Waals surface area contributed by atoms with Crippen LogP contribution in [0.5, 0.6) is 0 Å². The summed E-state index contributed by atoms with van der Waals surface area (Å²) in [5, 5.41) is 13.5. The molecular formula is C17H14N4O4. The van der Waals surface area contributed by atoms with Crippen LogP contribution in [0.15, 0.2) is 53.3 Å². The maximum absolute atomic E-state index is 12.5. The van der Waals surface area contributed by atoms with Gasteiger partial charge in [0.2, 0.25) is 0 Å². The van der Waals surface area contributed by atoms with Crippen LogP contribution in [0.3, 0.4) is 0 Å². The number of nitrogens with zero attached hydrogens (tertiary/aromatic N) is 3. The fraction of sp³-hybridized carbons (Fsp3) is 0.118. The van der Waals surface area contributed by atoms with Gasteiger partial charge in [-0.25, -0.2) is 4.98 Å². The lowest BCUT2D eigenvalue weighted by atomic mass is 10.1. The highest BCUT2D eigenvalue weighted by Crippen LogP contribution is 2.26. The number of para-hydroxylation sites is 2. The molecule has 0 aliphatic rings. The van der Waals surface area contributed by atoms with Crippen LogP contribution in [0, 0.1) is 10.1 Å². The molecule has 0 spiro atoms. The molecule has 25 heavy (non-hydrogen) atoms. The largest absolute Gasteiger partial charge is 0.320 e. The van der Waals surface area contributed by atoms with E-state index in [-0.39, 0.29) is 5.56 Å². The predicted molar refractivity (Wildman–Crippen MR) is 92.9 cm³/mol. The Balaban J connectivity index is 2.13. The van der Waals surface area contributed by atoms with E-state index in [2.05, 4.69) is 10.3 Å². The smallest absolute Gasteiger partial charge is 0.296 e. The number of nitro groups is 1. The first kappa shape index (κ1) is 16.3. The van der Waals surface area contributed by atoms with Gasteiger partial charge in [-0.05, 0) is 24.3 Å². The average molecular weight is 338 g/mol. The van der Waals surface area contributed by atoms with Crippen molar-refractivity contribution in [3.05, 3.63) is 69.0 Å². The minimum atomic E-state index is -0.835. The fourth-order valence-corrected chi connectivity index (χ4v) is 2.55. The molecule has 0 atom stereocenters.